The molecule has 10 nitrogen and oxygen atoms in total. The SMILES string of the molecule is CO[C@@H]1[C@H](S)O[C@@H](CO)[C@@H](O)[C@@]1(c1cc(Cl)cnc1C#N)n1cc(-c2ccc(Cl)c(F)n2)nn1. The monoisotopic (exact) mass is 526 g/mol. The van der Waals surface area contributed by atoms with E-state index < -0.39 is 41.8 Å². The van der Waals surface area contributed by atoms with Crippen LogP contribution < -0.4 is 0 Å². The van der Waals surface area contributed by atoms with Crippen molar-refractivity contribution in [2.45, 2.75) is 29.3 Å². The summed E-state index contributed by atoms with van der Waals surface area (Å²) in [5, 5.41) is 39.4. The molecule has 5 atom stereocenters. The number of methoxy groups -OCH3 is 1. The fourth-order valence-electron chi connectivity index (χ4n) is 4.09. The Morgan fingerprint density at radius 3 is 2.79 bits per heavy atom. The van der Waals surface area contributed by atoms with Gasteiger partial charge in [0.05, 0.1) is 28.5 Å². The molecule has 34 heavy (non-hydrogen) atoms. The second-order valence-electron chi connectivity index (χ2n) is 7.35. The summed E-state index contributed by atoms with van der Waals surface area (Å²) in [6.07, 6.45) is -1.11. The maximum Gasteiger partial charge on any atom is 0.232 e. The number of nitrogens with zero attached hydrogens (tertiary/aromatic N) is 6. The highest BCUT2D eigenvalue weighted by atomic mass is 35.5. The Balaban J connectivity index is 2.02. The van der Waals surface area contributed by atoms with Crippen LogP contribution in [0.2, 0.25) is 10.0 Å². The topological polar surface area (TPSA) is 139 Å². The first-order valence-electron chi connectivity index (χ1n) is 9.74. The zero-order valence-electron chi connectivity index (χ0n) is 17.4. The number of pyridine rings is 2. The van der Waals surface area contributed by atoms with Gasteiger partial charge >= 0.3 is 0 Å². The summed E-state index contributed by atoms with van der Waals surface area (Å²) in [7, 11) is 1.36. The molecule has 3 aromatic rings. The average Bonchev–Trinajstić information content (AvgIpc) is 3.32. The first kappa shape index (κ1) is 24.7. The van der Waals surface area contributed by atoms with Gasteiger partial charge in [-0.25, -0.2) is 14.6 Å². The summed E-state index contributed by atoms with van der Waals surface area (Å²) in [5.41, 5.74) is -2.44. The standard InChI is InChI=1S/C20H17Cl2FN6O4S/c1-32-17-19(34)33-15(8-30)16(31)20(17,10-4-9(21)6-25-13(10)5-24)29-7-14(27-28-29)12-3-2-11(22)18(23)26-12/h2-4,6-7,15-17,19,30-31,34H,8H2,1H3/t15-,16+,17+,19-,20+/m0/s1. The molecule has 14 heteroatoms. The predicted octanol–water partition coefficient (Wildman–Crippen LogP) is 1.82. The van der Waals surface area contributed by atoms with E-state index in [-0.39, 0.29) is 32.7 Å². The Morgan fingerprint density at radius 2 is 2.15 bits per heavy atom. The smallest absolute Gasteiger partial charge is 0.232 e. The molecule has 0 bridgehead atoms. The van der Waals surface area contributed by atoms with Crippen LogP contribution >= 0.6 is 35.8 Å². The molecule has 178 valence electrons. The fourth-order valence-corrected chi connectivity index (χ4v) is 4.86. The maximum absolute atomic E-state index is 14.0. The lowest BCUT2D eigenvalue weighted by atomic mass is 9.75. The molecule has 0 aliphatic carbocycles. The fraction of sp³-hybridized carbons (Fsp3) is 0.350. The quantitative estimate of drug-likeness (QED) is 0.335. The lowest BCUT2D eigenvalue weighted by Gasteiger charge is -2.51. The van der Waals surface area contributed by atoms with Crippen LogP contribution in [0.3, 0.4) is 0 Å². The van der Waals surface area contributed by atoms with Crippen molar-refractivity contribution in [1.82, 2.24) is 25.0 Å². The normalized spacial score (nSPS) is 26.9. The predicted molar refractivity (Wildman–Crippen MR) is 121 cm³/mol. The number of rotatable bonds is 5. The van der Waals surface area contributed by atoms with Crippen LogP contribution in [-0.2, 0) is 15.0 Å². The summed E-state index contributed by atoms with van der Waals surface area (Å²) in [4.78, 5) is 7.86. The largest absolute Gasteiger partial charge is 0.394 e. The Morgan fingerprint density at radius 1 is 1.38 bits per heavy atom. The molecule has 0 radical (unpaired) electrons. The molecule has 2 N–H and O–H groups in total. The van der Waals surface area contributed by atoms with E-state index >= 15 is 0 Å². The Kier molecular flexibility index (Phi) is 7.07. The number of hydrogen-bond donors (Lipinski definition) is 3. The highest BCUT2D eigenvalue weighted by molar-refractivity contribution is 7.80. The third-order valence-electron chi connectivity index (χ3n) is 5.57. The number of thiol groups is 1. The molecule has 1 aliphatic heterocycles. The van der Waals surface area contributed by atoms with Gasteiger partial charge in [-0.15, -0.1) is 17.7 Å². The molecule has 1 fully saturated rings. The van der Waals surface area contributed by atoms with E-state index in [4.69, 9.17) is 32.7 Å². The highest BCUT2D eigenvalue weighted by Gasteiger charge is 2.60. The molecule has 0 amide bonds. The van der Waals surface area contributed by atoms with Crippen molar-refractivity contribution in [3.05, 3.63) is 57.8 Å². The number of hydrogen-bond acceptors (Lipinski definition) is 10. The lowest BCUT2D eigenvalue weighted by molar-refractivity contribution is -0.213. The van der Waals surface area contributed by atoms with Gasteiger partial charge in [0.2, 0.25) is 5.95 Å². The number of ether oxygens (including phenoxy) is 2. The number of aliphatic hydroxyl groups excluding tert-OH is 2. The van der Waals surface area contributed by atoms with Crippen LogP contribution in [0.15, 0.2) is 30.6 Å². The minimum atomic E-state index is -1.74. The van der Waals surface area contributed by atoms with Gasteiger partial charge in [-0.05, 0) is 18.2 Å². The van der Waals surface area contributed by atoms with Crippen molar-refractivity contribution in [2.75, 3.05) is 13.7 Å². The van der Waals surface area contributed by atoms with E-state index in [1.807, 2.05) is 6.07 Å². The van der Waals surface area contributed by atoms with Crippen molar-refractivity contribution in [2.24, 2.45) is 0 Å². The molecular formula is C20H17Cl2FN6O4S. The van der Waals surface area contributed by atoms with Crippen molar-refractivity contribution < 1.29 is 24.1 Å². The van der Waals surface area contributed by atoms with E-state index in [0.29, 0.717) is 0 Å². The molecule has 4 heterocycles. The van der Waals surface area contributed by atoms with Gasteiger partial charge in [-0.2, -0.15) is 9.65 Å². The number of aliphatic hydroxyl groups is 2. The second kappa shape index (κ2) is 9.71. The zero-order chi connectivity index (χ0) is 24.6. The highest BCUT2D eigenvalue weighted by Crippen LogP contribution is 2.45. The van der Waals surface area contributed by atoms with Crippen molar-refractivity contribution in [3.63, 3.8) is 0 Å². The van der Waals surface area contributed by atoms with Crippen LogP contribution in [-0.4, -0.2) is 72.6 Å². The molecule has 0 saturated carbocycles. The third-order valence-corrected chi connectivity index (χ3v) is 6.45. The van der Waals surface area contributed by atoms with Gasteiger partial charge in [-0.1, -0.05) is 28.4 Å². The van der Waals surface area contributed by atoms with Crippen molar-refractivity contribution in [3.8, 4) is 17.5 Å². The number of nitriles is 1. The molecule has 0 aromatic carbocycles. The first-order chi connectivity index (χ1) is 16.3. The Labute approximate surface area is 208 Å². The van der Waals surface area contributed by atoms with Gasteiger partial charge in [0.25, 0.3) is 0 Å². The minimum Gasteiger partial charge on any atom is -0.394 e. The van der Waals surface area contributed by atoms with Gasteiger partial charge in [-0.3, -0.25) is 0 Å². The van der Waals surface area contributed by atoms with E-state index in [9.17, 15) is 19.9 Å². The van der Waals surface area contributed by atoms with Gasteiger partial charge < -0.3 is 19.7 Å². The molecule has 0 unspecified atom stereocenters. The van der Waals surface area contributed by atoms with E-state index in [1.165, 1.54) is 42.4 Å². The molecular weight excluding hydrogens is 510 g/mol. The number of aromatic nitrogens is 5. The average molecular weight is 527 g/mol. The van der Waals surface area contributed by atoms with Crippen molar-refractivity contribution in [1.29, 1.82) is 5.26 Å². The van der Waals surface area contributed by atoms with Crippen LogP contribution in [0.1, 0.15) is 11.3 Å². The summed E-state index contributed by atoms with van der Waals surface area (Å²) >= 11 is 16.4. The molecule has 1 saturated heterocycles. The van der Waals surface area contributed by atoms with Crippen LogP contribution in [0.4, 0.5) is 4.39 Å². The third kappa shape index (κ3) is 3.93. The Hall–Kier alpha value is -2.37. The van der Waals surface area contributed by atoms with E-state index in [2.05, 4.69) is 32.9 Å². The maximum atomic E-state index is 14.0. The van der Waals surface area contributed by atoms with Crippen molar-refractivity contribution >= 4 is 35.8 Å². The molecule has 0 spiro atoms. The molecule has 1 aliphatic rings. The van der Waals surface area contributed by atoms with Crippen LogP contribution in [0.5, 0.6) is 0 Å². The van der Waals surface area contributed by atoms with Gasteiger partial charge in [0, 0.05) is 18.9 Å². The lowest BCUT2D eigenvalue weighted by Crippen LogP contribution is -2.68. The Bertz CT molecular complexity index is 1260. The van der Waals surface area contributed by atoms with Crippen LogP contribution in [0, 0.1) is 17.3 Å². The van der Waals surface area contributed by atoms with Crippen LogP contribution in [0.25, 0.3) is 11.4 Å². The summed E-state index contributed by atoms with van der Waals surface area (Å²) in [6, 6.07) is 6.17. The summed E-state index contributed by atoms with van der Waals surface area (Å²) < 4.78 is 26.5. The summed E-state index contributed by atoms with van der Waals surface area (Å²) in [6.45, 7) is -0.586. The summed E-state index contributed by atoms with van der Waals surface area (Å²) in [5.74, 6) is -0.897. The zero-order valence-corrected chi connectivity index (χ0v) is 19.8. The molecule has 4 rings (SSSR count). The van der Waals surface area contributed by atoms with E-state index in [0.717, 1.165) is 0 Å². The minimum absolute atomic E-state index is 0.0858. The number of halogens is 3. The first-order valence-corrected chi connectivity index (χ1v) is 11.0. The van der Waals surface area contributed by atoms with Gasteiger partial charge in [0.1, 0.15) is 46.7 Å². The van der Waals surface area contributed by atoms with Gasteiger partial charge in [0.15, 0.2) is 0 Å². The molecule has 3 aromatic heterocycles. The second-order valence-corrected chi connectivity index (χ2v) is 8.71. The van der Waals surface area contributed by atoms with E-state index in [1.54, 1.807) is 0 Å².